The maximum Gasteiger partial charge on any atom is 0.0976 e. The standard InChI is InChI=1S/C36H37NOP2S/c1-36(2,3)41(38)37-34(28-39(29-18-8-4-9-19-29)30-20-10-5-11-21-30)33-26-16-17-27-35(33)40(31-22-12-6-13-23-31)32-24-14-7-15-25-32/h4-27,34,37H,28H2,1-3H3/t34-,41-/m1/s1. The molecule has 0 fully saturated rings. The molecule has 0 radical (unpaired) electrons. The van der Waals surface area contributed by atoms with Gasteiger partial charge in [-0.15, -0.1) is 0 Å². The second kappa shape index (κ2) is 13.8. The summed E-state index contributed by atoms with van der Waals surface area (Å²) in [6.45, 7) is 6.12. The lowest BCUT2D eigenvalue weighted by Gasteiger charge is -2.31. The third kappa shape index (κ3) is 7.48. The van der Waals surface area contributed by atoms with Crippen LogP contribution in [0, 0.1) is 0 Å². The SMILES string of the molecule is CC(C)(C)[S@@](=O)N[C@H](CP(c1ccccc1)c1ccccc1)c1ccccc1P(c1ccccc1)c1ccccc1. The van der Waals surface area contributed by atoms with E-state index in [9.17, 15) is 4.21 Å². The minimum Gasteiger partial charge on any atom is -0.242 e. The van der Waals surface area contributed by atoms with Crippen LogP contribution < -0.4 is 31.2 Å². The van der Waals surface area contributed by atoms with Crippen LogP contribution in [0.25, 0.3) is 0 Å². The van der Waals surface area contributed by atoms with Crippen molar-refractivity contribution in [1.82, 2.24) is 4.72 Å². The van der Waals surface area contributed by atoms with E-state index in [1.165, 1.54) is 32.1 Å². The minimum absolute atomic E-state index is 0.102. The van der Waals surface area contributed by atoms with E-state index >= 15 is 0 Å². The lowest BCUT2D eigenvalue weighted by molar-refractivity contribution is 0.618. The highest BCUT2D eigenvalue weighted by atomic mass is 32.2. The first-order chi connectivity index (χ1) is 19.9. The van der Waals surface area contributed by atoms with Crippen LogP contribution in [-0.4, -0.2) is 15.1 Å². The fourth-order valence-corrected chi connectivity index (χ4v) is 10.7. The van der Waals surface area contributed by atoms with Gasteiger partial charge in [0.1, 0.15) is 0 Å². The molecule has 0 spiro atoms. The summed E-state index contributed by atoms with van der Waals surface area (Å²) in [4.78, 5) is 0. The predicted octanol–water partition coefficient (Wildman–Crippen LogP) is 6.67. The van der Waals surface area contributed by atoms with Gasteiger partial charge in [-0.2, -0.15) is 0 Å². The molecular formula is C36H37NOP2S. The highest BCUT2D eigenvalue weighted by Crippen LogP contribution is 2.41. The smallest absolute Gasteiger partial charge is 0.0976 e. The van der Waals surface area contributed by atoms with Crippen LogP contribution in [0.4, 0.5) is 0 Å². The Kier molecular flexibility index (Phi) is 9.97. The van der Waals surface area contributed by atoms with Crippen molar-refractivity contribution >= 4 is 53.4 Å². The van der Waals surface area contributed by atoms with Crippen LogP contribution in [0.3, 0.4) is 0 Å². The molecule has 0 aliphatic rings. The van der Waals surface area contributed by atoms with E-state index in [0.717, 1.165) is 6.16 Å². The Morgan fingerprint density at radius 2 is 0.976 bits per heavy atom. The summed E-state index contributed by atoms with van der Waals surface area (Å²) in [6, 6.07) is 52.0. The summed E-state index contributed by atoms with van der Waals surface area (Å²) in [7, 11) is -2.77. The lowest BCUT2D eigenvalue weighted by atomic mass is 10.1. The zero-order chi connectivity index (χ0) is 28.7. The molecule has 0 amide bonds. The fourth-order valence-electron chi connectivity index (χ4n) is 4.83. The molecule has 0 saturated heterocycles. The van der Waals surface area contributed by atoms with Crippen molar-refractivity contribution in [3.05, 3.63) is 151 Å². The molecule has 0 bridgehead atoms. The highest BCUT2D eigenvalue weighted by molar-refractivity contribution is 7.84. The molecule has 2 nitrogen and oxygen atoms in total. The van der Waals surface area contributed by atoms with Gasteiger partial charge in [-0.1, -0.05) is 146 Å². The van der Waals surface area contributed by atoms with Crippen molar-refractivity contribution in [2.75, 3.05) is 6.16 Å². The largest absolute Gasteiger partial charge is 0.242 e. The van der Waals surface area contributed by atoms with Crippen molar-refractivity contribution in [2.24, 2.45) is 0 Å². The van der Waals surface area contributed by atoms with Crippen LogP contribution in [-0.2, 0) is 11.0 Å². The zero-order valence-electron chi connectivity index (χ0n) is 23.9. The third-order valence-electron chi connectivity index (χ3n) is 6.89. The van der Waals surface area contributed by atoms with Crippen molar-refractivity contribution in [3.8, 4) is 0 Å². The van der Waals surface area contributed by atoms with E-state index < -0.39 is 26.8 Å². The van der Waals surface area contributed by atoms with E-state index in [1.807, 2.05) is 20.8 Å². The summed E-state index contributed by atoms with van der Waals surface area (Å²) < 4.78 is 17.0. The summed E-state index contributed by atoms with van der Waals surface area (Å²) in [5.41, 5.74) is 1.23. The van der Waals surface area contributed by atoms with E-state index in [-0.39, 0.29) is 10.8 Å². The average Bonchev–Trinajstić information content (AvgIpc) is 3.01. The molecular weight excluding hydrogens is 556 g/mol. The van der Waals surface area contributed by atoms with Crippen molar-refractivity contribution < 1.29 is 4.21 Å². The first-order valence-corrected chi connectivity index (χ1v) is 18.0. The third-order valence-corrected chi connectivity index (χ3v) is 13.6. The van der Waals surface area contributed by atoms with Gasteiger partial charge in [0.2, 0.25) is 0 Å². The van der Waals surface area contributed by atoms with Gasteiger partial charge in [-0.3, -0.25) is 0 Å². The van der Waals surface area contributed by atoms with E-state index in [0.29, 0.717) is 0 Å². The van der Waals surface area contributed by atoms with Crippen molar-refractivity contribution in [2.45, 2.75) is 31.6 Å². The topological polar surface area (TPSA) is 29.1 Å². The summed E-state index contributed by atoms with van der Waals surface area (Å²) in [6.07, 6.45) is 0.842. The quantitative estimate of drug-likeness (QED) is 0.180. The Labute approximate surface area is 250 Å². The summed E-state index contributed by atoms with van der Waals surface area (Å²) >= 11 is 0. The van der Waals surface area contributed by atoms with Crippen LogP contribution in [0.1, 0.15) is 32.4 Å². The number of hydrogen-bond donors (Lipinski definition) is 1. The van der Waals surface area contributed by atoms with Gasteiger partial charge in [0.05, 0.1) is 15.7 Å². The van der Waals surface area contributed by atoms with Crippen LogP contribution in [0.15, 0.2) is 146 Å². The Bertz CT molecular complexity index is 1460. The maximum atomic E-state index is 13.7. The molecule has 5 rings (SSSR count). The van der Waals surface area contributed by atoms with Gasteiger partial charge in [0.15, 0.2) is 0 Å². The zero-order valence-corrected chi connectivity index (χ0v) is 26.5. The van der Waals surface area contributed by atoms with Gasteiger partial charge < -0.3 is 0 Å². The molecule has 5 aromatic carbocycles. The first kappa shape index (κ1) is 29.6. The molecule has 2 atom stereocenters. The Balaban J connectivity index is 1.66. The Hall–Kier alpha value is -2.93. The molecule has 5 aromatic rings. The molecule has 0 saturated carbocycles. The number of rotatable bonds is 10. The van der Waals surface area contributed by atoms with E-state index in [1.54, 1.807) is 0 Å². The molecule has 0 aliphatic heterocycles. The summed E-state index contributed by atoms with van der Waals surface area (Å²) in [5, 5.41) is 6.58. The Morgan fingerprint density at radius 1 is 0.585 bits per heavy atom. The normalized spacial score (nSPS) is 13.3. The summed E-state index contributed by atoms with van der Waals surface area (Å²) in [5.74, 6) is 0. The van der Waals surface area contributed by atoms with Gasteiger partial charge in [-0.05, 0) is 74.9 Å². The second-order valence-corrected chi connectivity index (χ2v) is 17.3. The van der Waals surface area contributed by atoms with E-state index in [4.69, 9.17) is 0 Å². The van der Waals surface area contributed by atoms with Gasteiger partial charge in [0, 0.05) is 6.04 Å². The van der Waals surface area contributed by atoms with Crippen LogP contribution in [0.2, 0.25) is 0 Å². The number of hydrogen-bond acceptors (Lipinski definition) is 1. The van der Waals surface area contributed by atoms with Crippen molar-refractivity contribution in [3.63, 3.8) is 0 Å². The van der Waals surface area contributed by atoms with Crippen molar-refractivity contribution in [1.29, 1.82) is 0 Å². The monoisotopic (exact) mass is 593 g/mol. The molecule has 0 unspecified atom stereocenters. The molecule has 0 aliphatic carbocycles. The predicted molar refractivity (Wildman–Crippen MR) is 183 cm³/mol. The number of nitrogens with one attached hydrogen (secondary N) is 1. The fraction of sp³-hybridized carbons (Fsp3) is 0.167. The van der Waals surface area contributed by atoms with Gasteiger partial charge >= 0.3 is 0 Å². The lowest BCUT2D eigenvalue weighted by Crippen LogP contribution is -2.39. The molecule has 208 valence electrons. The molecule has 5 heteroatoms. The van der Waals surface area contributed by atoms with Gasteiger partial charge in [-0.25, -0.2) is 8.93 Å². The average molecular weight is 594 g/mol. The van der Waals surface area contributed by atoms with Crippen LogP contribution >= 0.6 is 15.8 Å². The van der Waals surface area contributed by atoms with Gasteiger partial charge in [0.25, 0.3) is 0 Å². The number of benzene rings is 5. The van der Waals surface area contributed by atoms with E-state index in [2.05, 4.69) is 150 Å². The highest BCUT2D eigenvalue weighted by Gasteiger charge is 2.30. The molecule has 41 heavy (non-hydrogen) atoms. The Morgan fingerprint density at radius 3 is 1.41 bits per heavy atom. The molecule has 0 heterocycles. The van der Waals surface area contributed by atoms with Crippen LogP contribution in [0.5, 0.6) is 0 Å². The first-order valence-electron chi connectivity index (χ1n) is 14.0. The second-order valence-electron chi connectivity index (χ2n) is 10.9. The molecule has 0 aromatic heterocycles. The maximum absolute atomic E-state index is 13.7. The minimum atomic E-state index is -1.24. The molecule has 1 N–H and O–H groups in total.